The van der Waals surface area contributed by atoms with Crippen molar-refractivity contribution >= 4 is 0 Å². The first kappa shape index (κ1) is 11.9. The molecular weight excluding hydrogens is 152 g/mol. The lowest BCUT2D eigenvalue weighted by atomic mass is 9.74. The molecule has 0 rings (SSSR count). The number of rotatable bonds is 5. The van der Waals surface area contributed by atoms with E-state index in [4.69, 9.17) is 5.11 Å². The van der Waals surface area contributed by atoms with Gasteiger partial charge in [0.25, 0.3) is 0 Å². The summed E-state index contributed by atoms with van der Waals surface area (Å²) in [4.78, 5) is 0. The summed E-state index contributed by atoms with van der Waals surface area (Å²) in [5, 5.41) is 18.4. The molecule has 0 aliphatic carbocycles. The van der Waals surface area contributed by atoms with Gasteiger partial charge in [0.1, 0.15) is 0 Å². The molecule has 0 amide bonds. The fourth-order valence-electron chi connectivity index (χ4n) is 0.985. The van der Waals surface area contributed by atoms with Crippen LogP contribution >= 0.6 is 0 Å². The fourth-order valence-corrected chi connectivity index (χ4v) is 0.985. The van der Waals surface area contributed by atoms with Crippen LogP contribution in [0.5, 0.6) is 0 Å². The van der Waals surface area contributed by atoms with Gasteiger partial charge >= 0.3 is 0 Å². The summed E-state index contributed by atoms with van der Waals surface area (Å²) in [6.45, 7) is 8.05. The predicted molar refractivity (Wildman–Crippen MR) is 51.0 cm³/mol. The van der Waals surface area contributed by atoms with Crippen LogP contribution in [0.3, 0.4) is 0 Å². The van der Waals surface area contributed by atoms with Crippen LogP contribution in [0.1, 0.15) is 47.0 Å². The smallest absolute Gasteiger partial charge is 0.0642 e. The van der Waals surface area contributed by atoms with Crippen molar-refractivity contribution in [2.75, 3.05) is 6.61 Å². The van der Waals surface area contributed by atoms with Crippen LogP contribution in [0.2, 0.25) is 0 Å². The standard InChI is InChI=1S/C10H22O2/c1-9(2,10(3,4)12)7-5-6-8-11/h11-12H,5-8H2,1-4H3. The van der Waals surface area contributed by atoms with E-state index in [0.717, 1.165) is 19.3 Å². The molecule has 0 atom stereocenters. The highest BCUT2D eigenvalue weighted by molar-refractivity contribution is 4.85. The molecule has 0 unspecified atom stereocenters. The van der Waals surface area contributed by atoms with Gasteiger partial charge in [-0.3, -0.25) is 0 Å². The molecule has 2 heteroatoms. The zero-order chi connectivity index (χ0) is 9.83. The summed E-state index contributed by atoms with van der Waals surface area (Å²) in [6, 6.07) is 0. The van der Waals surface area contributed by atoms with Crippen LogP contribution < -0.4 is 0 Å². The lowest BCUT2D eigenvalue weighted by Gasteiger charge is -2.37. The molecule has 0 bridgehead atoms. The van der Waals surface area contributed by atoms with Gasteiger partial charge in [-0.15, -0.1) is 0 Å². The summed E-state index contributed by atoms with van der Waals surface area (Å²) in [5.74, 6) is 0. The van der Waals surface area contributed by atoms with Crippen molar-refractivity contribution in [3.63, 3.8) is 0 Å². The van der Waals surface area contributed by atoms with E-state index in [-0.39, 0.29) is 12.0 Å². The summed E-state index contributed by atoms with van der Waals surface area (Å²) in [7, 11) is 0. The van der Waals surface area contributed by atoms with E-state index in [1.807, 2.05) is 13.8 Å². The monoisotopic (exact) mass is 174 g/mol. The van der Waals surface area contributed by atoms with E-state index in [2.05, 4.69) is 13.8 Å². The van der Waals surface area contributed by atoms with E-state index in [1.54, 1.807) is 0 Å². The molecule has 0 aromatic heterocycles. The van der Waals surface area contributed by atoms with Gasteiger partial charge in [-0.05, 0) is 32.1 Å². The lowest BCUT2D eigenvalue weighted by molar-refractivity contribution is -0.0408. The Hall–Kier alpha value is -0.0800. The SMILES string of the molecule is CC(C)(O)C(C)(C)CCCCO. The molecule has 0 radical (unpaired) electrons. The summed E-state index contributed by atoms with van der Waals surface area (Å²) in [6.07, 6.45) is 2.77. The molecular formula is C10H22O2. The molecule has 0 saturated heterocycles. The number of hydrogen-bond acceptors (Lipinski definition) is 2. The maximum atomic E-state index is 9.78. The van der Waals surface area contributed by atoms with Gasteiger partial charge in [0, 0.05) is 6.61 Å². The Bertz CT molecular complexity index is 122. The van der Waals surface area contributed by atoms with Crippen LogP contribution in [0, 0.1) is 5.41 Å². The van der Waals surface area contributed by atoms with Gasteiger partial charge in [0.05, 0.1) is 5.60 Å². The van der Waals surface area contributed by atoms with E-state index in [1.165, 1.54) is 0 Å². The molecule has 0 aliphatic rings. The highest BCUT2D eigenvalue weighted by Gasteiger charge is 2.33. The molecule has 0 spiro atoms. The van der Waals surface area contributed by atoms with Crippen molar-refractivity contribution in [2.24, 2.45) is 5.41 Å². The first-order chi connectivity index (χ1) is 5.31. The molecule has 0 aromatic carbocycles. The molecule has 0 heterocycles. The third-order valence-electron chi connectivity index (χ3n) is 2.87. The number of hydrogen-bond donors (Lipinski definition) is 2. The van der Waals surface area contributed by atoms with Crippen LogP contribution in [0.4, 0.5) is 0 Å². The maximum absolute atomic E-state index is 9.78. The zero-order valence-electron chi connectivity index (χ0n) is 8.72. The van der Waals surface area contributed by atoms with Crippen molar-refractivity contribution in [2.45, 2.75) is 52.6 Å². The van der Waals surface area contributed by atoms with E-state index in [9.17, 15) is 5.11 Å². The van der Waals surface area contributed by atoms with Gasteiger partial charge in [0.2, 0.25) is 0 Å². The molecule has 0 fully saturated rings. The Kier molecular flexibility index (Phi) is 4.21. The average Bonchev–Trinajstić information content (AvgIpc) is 1.85. The molecule has 0 saturated carbocycles. The molecule has 12 heavy (non-hydrogen) atoms. The Balaban J connectivity index is 3.88. The first-order valence-electron chi connectivity index (χ1n) is 4.64. The minimum absolute atomic E-state index is 0.0673. The summed E-state index contributed by atoms with van der Waals surface area (Å²) in [5.41, 5.74) is -0.704. The summed E-state index contributed by atoms with van der Waals surface area (Å²) < 4.78 is 0. The van der Waals surface area contributed by atoms with Crippen LogP contribution in [-0.2, 0) is 0 Å². The first-order valence-corrected chi connectivity index (χ1v) is 4.64. The third-order valence-corrected chi connectivity index (χ3v) is 2.87. The molecule has 2 nitrogen and oxygen atoms in total. The van der Waals surface area contributed by atoms with Crippen molar-refractivity contribution in [3.8, 4) is 0 Å². The fraction of sp³-hybridized carbons (Fsp3) is 1.00. The minimum atomic E-state index is -0.636. The topological polar surface area (TPSA) is 40.5 Å². The Morgan fingerprint density at radius 3 is 1.83 bits per heavy atom. The summed E-state index contributed by atoms with van der Waals surface area (Å²) >= 11 is 0. The second kappa shape index (κ2) is 4.24. The quantitative estimate of drug-likeness (QED) is 0.625. The number of aliphatic hydroxyl groups excluding tert-OH is 1. The lowest BCUT2D eigenvalue weighted by Crippen LogP contribution is -2.38. The maximum Gasteiger partial charge on any atom is 0.0642 e. The molecule has 0 aliphatic heterocycles. The van der Waals surface area contributed by atoms with Crippen molar-refractivity contribution in [3.05, 3.63) is 0 Å². The zero-order valence-corrected chi connectivity index (χ0v) is 8.72. The number of aliphatic hydroxyl groups is 2. The second-order valence-electron chi connectivity index (χ2n) is 4.62. The Morgan fingerprint density at radius 1 is 1.00 bits per heavy atom. The third kappa shape index (κ3) is 3.55. The molecule has 0 aromatic rings. The van der Waals surface area contributed by atoms with E-state index in [0.29, 0.717) is 0 Å². The van der Waals surface area contributed by atoms with Gasteiger partial charge in [-0.25, -0.2) is 0 Å². The van der Waals surface area contributed by atoms with Crippen LogP contribution in [0.25, 0.3) is 0 Å². The van der Waals surface area contributed by atoms with Gasteiger partial charge in [-0.1, -0.05) is 20.3 Å². The van der Waals surface area contributed by atoms with Crippen LogP contribution in [-0.4, -0.2) is 22.4 Å². The van der Waals surface area contributed by atoms with Gasteiger partial charge in [0.15, 0.2) is 0 Å². The average molecular weight is 174 g/mol. The van der Waals surface area contributed by atoms with E-state index >= 15 is 0 Å². The molecule has 2 N–H and O–H groups in total. The predicted octanol–water partition coefficient (Wildman–Crippen LogP) is 1.95. The van der Waals surface area contributed by atoms with Gasteiger partial charge in [-0.2, -0.15) is 0 Å². The van der Waals surface area contributed by atoms with Crippen LogP contribution in [0.15, 0.2) is 0 Å². The minimum Gasteiger partial charge on any atom is -0.396 e. The largest absolute Gasteiger partial charge is 0.396 e. The normalized spacial score (nSPS) is 13.5. The second-order valence-corrected chi connectivity index (χ2v) is 4.62. The van der Waals surface area contributed by atoms with Crippen molar-refractivity contribution in [1.29, 1.82) is 0 Å². The Morgan fingerprint density at radius 2 is 1.50 bits per heavy atom. The molecule has 74 valence electrons. The highest BCUT2D eigenvalue weighted by Crippen LogP contribution is 2.35. The van der Waals surface area contributed by atoms with E-state index < -0.39 is 5.60 Å². The number of unbranched alkanes of at least 4 members (excludes halogenated alkanes) is 1. The van der Waals surface area contributed by atoms with Gasteiger partial charge < -0.3 is 10.2 Å². The van der Waals surface area contributed by atoms with Crippen molar-refractivity contribution in [1.82, 2.24) is 0 Å². The highest BCUT2D eigenvalue weighted by atomic mass is 16.3. The Labute approximate surface area is 75.6 Å². The van der Waals surface area contributed by atoms with Crippen molar-refractivity contribution < 1.29 is 10.2 Å².